The second kappa shape index (κ2) is 6.74. The first-order chi connectivity index (χ1) is 10.0. The molecular formula is C12H18N6O2S. The zero-order valence-corrected chi connectivity index (χ0v) is 12.5. The highest BCUT2D eigenvalue weighted by molar-refractivity contribution is 7.89. The molecule has 0 bridgehead atoms. The van der Waals surface area contributed by atoms with Gasteiger partial charge in [-0.15, -0.1) is 10.2 Å². The quantitative estimate of drug-likeness (QED) is 0.667. The van der Waals surface area contributed by atoms with Gasteiger partial charge >= 0.3 is 0 Å². The maximum atomic E-state index is 12.2. The second-order valence-electron chi connectivity index (χ2n) is 4.65. The summed E-state index contributed by atoms with van der Waals surface area (Å²) in [7, 11) is -3.62. The maximum Gasteiger partial charge on any atom is 0.241 e. The highest BCUT2D eigenvalue weighted by Gasteiger charge is 2.20. The lowest BCUT2D eigenvalue weighted by molar-refractivity contribution is 0.560. The minimum Gasteiger partial charge on any atom is -0.330 e. The van der Waals surface area contributed by atoms with Gasteiger partial charge < -0.3 is 5.73 Å². The van der Waals surface area contributed by atoms with E-state index in [-0.39, 0.29) is 10.7 Å². The molecule has 1 aromatic carbocycles. The van der Waals surface area contributed by atoms with E-state index in [1.165, 1.54) is 0 Å². The zero-order valence-electron chi connectivity index (χ0n) is 11.7. The van der Waals surface area contributed by atoms with E-state index in [0.29, 0.717) is 6.54 Å². The van der Waals surface area contributed by atoms with E-state index in [2.05, 4.69) is 25.3 Å². The van der Waals surface area contributed by atoms with Crippen molar-refractivity contribution in [3.8, 4) is 0 Å². The van der Waals surface area contributed by atoms with Crippen LogP contribution in [0.4, 0.5) is 0 Å². The monoisotopic (exact) mass is 310 g/mol. The number of hydrogen-bond acceptors (Lipinski definition) is 6. The van der Waals surface area contributed by atoms with Crippen LogP contribution in [-0.4, -0.2) is 35.6 Å². The Hall–Kier alpha value is -1.84. The Morgan fingerprint density at radius 2 is 2.05 bits per heavy atom. The molecular weight excluding hydrogens is 292 g/mol. The summed E-state index contributed by atoms with van der Waals surface area (Å²) in [6.07, 6.45) is 1.71. The molecule has 9 heteroatoms. The maximum absolute atomic E-state index is 12.2. The van der Waals surface area contributed by atoms with Gasteiger partial charge in [0.15, 0.2) is 5.82 Å². The molecule has 2 rings (SSSR count). The van der Waals surface area contributed by atoms with Gasteiger partial charge in [0.1, 0.15) is 0 Å². The topological polar surface area (TPSA) is 127 Å². The molecule has 0 saturated heterocycles. The fourth-order valence-electron chi connectivity index (χ4n) is 1.85. The molecule has 1 unspecified atom stereocenters. The number of aromatic amines is 1. The van der Waals surface area contributed by atoms with Crippen molar-refractivity contribution < 1.29 is 8.42 Å². The molecule has 1 heterocycles. The molecule has 1 aromatic heterocycles. The predicted molar refractivity (Wildman–Crippen MR) is 76.7 cm³/mol. The average Bonchev–Trinajstić information content (AvgIpc) is 2.99. The van der Waals surface area contributed by atoms with Crippen LogP contribution in [0.25, 0.3) is 0 Å². The number of nitrogens with one attached hydrogen (secondary N) is 2. The number of benzene rings is 1. The van der Waals surface area contributed by atoms with E-state index in [4.69, 9.17) is 5.73 Å². The molecule has 1 atom stereocenters. The minimum absolute atomic E-state index is 0.203. The van der Waals surface area contributed by atoms with E-state index in [9.17, 15) is 8.42 Å². The van der Waals surface area contributed by atoms with Gasteiger partial charge in [0.2, 0.25) is 10.0 Å². The molecule has 0 saturated carbocycles. The van der Waals surface area contributed by atoms with Gasteiger partial charge in [0.25, 0.3) is 0 Å². The van der Waals surface area contributed by atoms with Crippen LogP contribution < -0.4 is 10.5 Å². The summed E-state index contributed by atoms with van der Waals surface area (Å²) >= 11 is 0. The van der Waals surface area contributed by atoms with Crippen molar-refractivity contribution in [2.24, 2.45) is 5.73 Å². The van der Waals surface area contributed by atoms with Gasteiger partial charge in [-0.25, -0.2) is 13.1 Å². The molecule has 0 radical (unpaired) electrons. The highest BCUT2D eigenvalue weighted by Crippen LogP contribution is 2.15. The van der Waals surface area contributed by atoms with Gasteiger partial charge in [0, 0.05) is 0 Å². The Bertz CT molecular complexity index is 654. The van der Waals surface area contributed by atoms with Crippen LogP contribution in [0.2, 0.25) is 0 Å². The van der Waals surface area contributed by atoms with E-state index in [0.717, 1.165) is 18.4 Å². The molecule has 0 aliphatic heterocycles. The van der Waals surface area contributed by atoms with Crippen molar-refractivity contribution in [3.63, 3.8) is 0 Å². The molecule has 0 aliphatic rings. The number of hydrogen-bond donors (Lipinski definition) is 3. The second-order valence-corrected chi connectivity index (χ2v) is 6.36. The predicted octanol–water partition coefficient (Wildman–Crippen LogP) is 0.130. The number of H-pyrrole nitrogens is 1. The normalized spacial score (nSPS) is 13.2. The standard InChI is InChI=1S/C12H18N6O2S/c1-9(12-14-17-18-15-12)16-21(19,20)11-6-4-10(5-7-11)3-2-8-13/h4-7,9,16H,2-3,8,13H2,1H3,(H,14,15,17,18). The number of aromatic nitrogens is 4. The van der Waals surface area contributed by atoms with Gasteiger partial charge in [-0.05, 0) is 44.0 Å². The molecule has 114 valence electrons. The molecule has 0 spiro atoms. The van der Waals surface area contributed by atoms with Crippen LogP contribution in [0.3, 0.4) is 0 Å². The Kier molecular flexibility index (Phi) is 4.99. The third-order valence-electron chi connectivity index (χ3n) is 2.98. The SMILES string of the molecule is CC(NS(=O)(=O)c1ccc(CCCN)cc1)c1nn[nH]n1. The molecule has 8 nitrogen and oxygen atoms in total. The number of sulfonamides is 1. The summed E-state index contributed by atoms with van der Waals surface area (Å²) in [5.41, 5.74) is 6.51. The Morgan fingerprint density at radius 3 is 2.62 bits per heavy atom. The van der Waals surface area contributed by atoms with Crippen LogP contribution in [0.5, 0.6) is 0 Å². The van der Waals surface area contributed by atoms with Crippen molar-refractivity contribution in [2.45, 2.75) is 30.7 Å². The smallest absolute Gasteiger partial charge is 0.241 e. The number of nitrogens with two attached hydrogens (primary N) is 1. The van der Waals surface area contributed by atoms with Gasteiger partial charge in [-0.1, -0.05) is 17.3 Å². The fraction of sp³-hybridized carbons (Fsp3) is 0.417. The molecule has 21 heavy (non-hydrogen) atoms. The first-order valence-electron chi connectivity index (χ1n) is 6.57. The lowest BCUT2D eigenvalue weighted by Gasteiger charge is -2.11. The van der Waals surface area contributed by atoms with Crippen molar-refractivity contribution in [2.75, 3.05) is 6.54 Å². The third kappa shape index (κ3) is 4.06. The van der Waals surface area contributed by atoms with Crippen molar-refractivity contribution in [1.82, 2.24) is 25.3 Å². The van der Waals surface area contributed by atoms with Gasteiger partial charge in [-0.3, -0.25) is 0 Å². The van der Waals surface area contributed by atoms with Crippen molar-refractivity contribution >= 4 is 10.0 Å². The summed E-state index contributed by atoms with van der Waals surface area (Å²) in [5, 5.41) is 13.2. The van der Waals surface area contributed by atoms with E-state index in [1.807, 2.05) is 0 Å². The van der Waals surface area contributed by atoms with E-state index >= 15 is 0 Å². The first-order valence-corrected chi connectivity index (χ1v) is 8.06. The third-order valence-corrected chi connectivity index (χ3v) is 4.54. The summed E-state index contributed by atoms with van der Waals surface area (Å²) in [5.74, 6) is 0.290. The number of nitrogens with zero attached hydrogens (tertiary/aromatic N) is 3. The summed E-state index contributed by atoms with van der Waals surface area (Å²) in [6.45, 7) is 2.27. The molecule has 2 aromatic rings. The van der Waals surface area contributed by atoms with Gasteiger partial charge in [0.05, 0.1) is 10.9 Å². The Morgan fingerprint density at radius 1 is 1.33 bits per heavy atom. The highest BCUT2D eigenvalue weighted by atomic mass is 32.2. The van der Waals surface area contributed by atoms with E-state index < -0.39 is 16.1 Å². The average molecular weight is 310 g/mol. The summed E-state index contributed by atoms with van der Waals surface area (Å²) in [4.78, 5) is 0.203. The van der Waals surface area contributed by atoms with Crippen LogP contribution in [0.15, 0.2) is 29.2 Å². The van der Waals surface area contributed by atoms with Gasteiger partial charge in [-0.2, -0.15) is 5.21 Å². The summed E-state index contributed by atoms with van der Waals surface area (Å²) in [6, 6.07) is 6.19. The molecule has 4 N–H and O–H groups in total. The fourth-order valence-corrected chi connectivity index (χ4v) is 3.05. The minimum atomic E-state index is -3.62. The summed E-state index contributed by atoms with van der Waals surface area (Å²) < 4.78 is 27.0. The zero-order chi connectivity index (χ0) is 15.3. The Labute approximate surface area is 123 Å². The van der Waals surface area contributed by atoms with Crippen LogP contribution in [0.1, 0.15) is 30.8 Å². The van der Waals surface area contributed by atoms with Crippen molar-refractivity contribution in [3.05, 3.63) is 35.7 Å². The van der Waals surface area contributed by atoms with Crippen LogP contribution in [0, 0.1) is 0 Å². The van der Waals surface area contributed by atoms with E-state index in [1.54, 1.807) is 31.2 Å². The van der Waals surface area contributed by atoms with Crippen LogP contribution >= 0.6 is 0 Å². The molecule has 0 amide bonds. The largest absolute Gasteiger partial charge is 0.330 e. The first kappa shape index (κ1) is 15.5. The lowest BCUT2D eigenvalue weighted by Crippen LogP contribution is -2.27. The van der Waals surface area contributed by atoms with Crippen molar-refractivity contribution in [1.29, 1.82) is 0 Å². The Balaban J connectivity index is 2.08. The number of tetrazole rings is 1. The number of aryl methyl sites for hydroxylation is 1. The number of rotatable bonds is 7. The lowest BCUT2D eigenvalue weighted by atomic mass is 10.1. The molecule has 0 aliphatic carbocycles. The van der Waals surface area contributed by atoms with Crippen LogP contribution in [-0.2, 0) is 16.4 Å². The molecule has 0 fully saturated rings.